The average Bonchev–Trinajstić information content (AvgIpc) is 2.81. The number of likely N-dealkylation sites (tertiary alicyclic amines) is 1. The van der Waals surface area contributed by atoms with E-state index in [1.165, 1.54) is 42.1 Å². The van der Waals surface area contributed by atoms with Gasteiger partial charge in [0.15, 0.2) is 0 Å². The second-order valence-electron chi connectivity index (χ2n) is 4.24. The van der Waals surface area contributed by atoms with Crippen LogP contribution in [0.2, 0.25) is 5.02 Å². The molecular weight excluding hydrogens is 238 g/mol. The number of hydrogen-bond acceptors (Lipinski definition) is 2. The van der Waals surface area contributed by atoms with Crippen molar-refractivity contribution in [3.8, 4) is 0 Å². The summed E-state index contributed by atoms with van der Waals surface area (Å²) >= 11 is 7.99. The van der Waals surface area contributed by atoms with Crippen molar-refractivity contribution >= 4 is 29.1 Å². The molecule has 2 aliphatic heterocycles. The quantitative estimate of drug-likeness (QED) is 0.745. The Kier molecular flexibility index (Phi) is 2.86. The van der Waals surface area contributed by atoms with Gasteiger partial charge in [-0.1, -0.05) is 17.7 Å². The van der Waals surface area contributed by atoms with Gasteiger partial charge in [0, 0.05) is 40.0 Å². The first-order valence-corrected chi connectivity index (χ1v) is 7.09. The molecule has 0 radical (unpaired) electrons. The third-order valence-corrected chi connectivity index (χ3v) is 4.42. The topological polar surface area (TPSA) is 3.24 Å². The molecule has 0 saturated carbocycles. The SMILES string of the molecule is Clc1ccc2c(c1)C(N1CCCC1)=CCS2. The minimum atomic E-state index is 0.839. The van der Waals surface area contributed by atoms with Gasteiger partial charge in [0.1, 0.15) is 0 Å². The number of thioether (sulfide) groups is 1. The number of hydrogen-bond donors (Lipinski definition) is 0. The molecule has 3 rings (SSSR count). The van der Waals surface area contributed by atoms with Crippen LogP contribution in [0.15, 0.2) is 29.2 Å². The van der Waals surface area contributed by atoms with Crippen LogP contribution in [0.3, 0.4) is 0 Å². The summed E-state index contributed by atoms with van der Waals surface area (Å²) in [6, 6.07) is 6.24. The van der Waals surface area contributed by atoms with E-state index >= 15 is 0 Å². The van der Waals surface area contributed by atoms with Crippen molar-refractivity contribution in [1.29, 1.82) is 0 Å². The maximum Gasteiger partial charge on any atom is 0.0419 e. The number of halogens is 1. The van der Waals surface area contributed by atoms with E-state index in [0.717, 1.165) is 10.8 Å². The summed E-state index contributed by atoms with van der Waals surface area (Å²) < 4.78 is 0. The Balaban J connectivity index is 2.01. The second-order valence-corrected chi connectivity index (χ2v) is 5.73. The summed E-state index contributed by atoms with van der Waals surface area (Å²) in [4.78, 5) is 3.86. The van der Waals surface area contributed by atoms with Crippen LogP contribution in [0, 0.1) is 0 Å². The van der Waals surface area contributed by atoms with E-state index in [9.17, 15) is 0 Å². The van der Waals surface area contributed by atoms with Crippen LogP contribution >= 0.6 is 23.4 Å². The van der Waals surface area contributed by atoms with E-state index < -0.39 is 0 Å². The van der Waals surface area contributed by atoms with Crippen LogP contribution in [0.1, 0.15) is 18.4 Å². The van der Waals surface area contributed by atoms with Crippen LogP contribution < -0.4 is 0 Å². The van der Waals surface area contributed by atoms with Crippen LogP contribution in [0.5, 0.6) is 0 Å². The molecule has 1 aromatic rings. The third-order valence-electron chi connectivity index (χ3n) is 3.18. The molecule has 0 unspecified atom stereocenters. The lowest BCUT2D eigenvalue weighted by atomic mass is 10.1. The Hall–Kier alpha value is -0.600. The molecule has 0 bridgehead atoms. The molecule has 0 spiro atoms. The number of rotatable bonds is 1. The van der Waals surface area contributed by atoms with Gasteiger partial charge in [0.25, 0.3) is 0 Å². The third kappa shape index (κ3) is 1.85. The molecule has 1 fully saturated rings. The molecule has 0 aromatic heterocycles. The largest absolute Gasteiger partial charge is 0.371 e. The monoisotopic (exact) mass is 251 g/mol. The highest BCUT2D eigenvalue weighted by molar-refractivity contribution is 7.99. The normalized spacial score (nSPS) is 19.6. The molecule has 0 atom stereocenters. The highest BCUT2D eigenvalue weighted by Gasteiger charge is 2.21. The Morgan fingerprint density at radius 2 is 2.00 bits per heavy atom. The van der Waals surface area contributed by atoms with E-state index in [0.29, 0.717) is 0 Å². The first-order chi connectivity index (χ1) is 7.84. The first kappa shape index (κ1) is 10.5. The fourth-order valence-electron chi connectivity index (χ4n) is 2.41. The molecule has 2 heterocycles. The van der Waals surface area contributed by atoms with Crippen molar-refractivity contribution < 1.29 is 0 Å². The number of fused-ring (bicyclic) bond motifs is 1. The number of benzene rings is 1. The molecular formula is C13H14ClNS. The molecule has 84 valence electrons. The zero-order valence-electron chi connectivity index (χ0n) is 9.08. The molecule has 1 aromatic carbocycles. The van der Waals surface area contributed by atoms with Crippen molar-refractivity contribution in [2.24, 2.45) is 0 Å². The Morgan fingerprint density at radius 1 is 1.19 bits per heavy atom. The summed E-state index contributed by atoms with van der Waals surface area (Å²) in [5.41, 5.74) is 2.72. The predicted molar refractivity (Wildman–Crippen MR) is 71.0 cm³/mol. The standard InChI is InChI=1S/C13H14ClNS/c14-10-3-4-13-11(9-10)12(5-8-16-13)15-6-1-2-7-15/h3-5,9H,1-2,6-8H2. The van der Waals surface area contributed by atoms with E-state index in [1.54, 1.807) is 0 Å². The van der Waals surface area contributed by atoms with Gasteiger partial charge in [-0.3, -0.25) is 0 Å². The van der Waals surface area contributed by atoms with Crippen LogP contribution in [-0.2, 0) is 0 Å². The van der Waals surface area contributed by atoms with Crippen LogP contribution in [0.4, 0.5) is 0 Å². The summed E-state index contributed by atoms with van der Waals surface area (Å²) in [7, 11) is 0. The Morgan fingerprint density at radius 3 is 2.81 bits per heavy atom. The molecule has 16 heavy (non-hydrogen) atoms. The molecule has 1 saturated heterocycles. The zero-order valence-corrected chi connectivity index (χ0v) is 10.7. The zero-order chi connectivity index (χ0) is 11.0. The molecule has 2 aliphatic rings. The molecule has 3 heteroatoms. The minimum absolute atomic E-state index is 0.839. The van der Waals surface area contributed by atoms with E-state index in [-0.39, 0.29) is 0 Å². The maximum absolute atomic E-state index is 6.09. The van der Waals surface area contributed by atoms with Crippen LogP contribution in [0.25, 0.3) is 5.70 Å². The average molecular weight is 252 g/mol. The highest BCUT2D eigenvalue weighted by Crippen LogP contribution is 2.37. The van der Waals surface area contributed by atoms with E-state index in [2.05, 4.69) is 23.1 Å². The molecule has 0 N–H and O–H groups in total. The lowest BCUT2D eigenvalue weighted by Gasteiger charge is -2.26. The Labute approximate surface area is 105 Å². The van der Waals surface area contributed by atoms with E-state index in [4.69, 9.17) is 11.6 Å². The van der Waals surface area contributed by atoms with E-state index in [1.807, 2.05) is 17.8 Å². The van der Waals surface area contributed by atoms with Gasteiger partial charge >= 0.3 is 0 Å². The Bertz CT molecular complexity index is 436. The fourth-order valence-corrected chi connectivity index (χ4v) is 3.48. The van der Waals surface area contributed by atoms with Gasteiger partial charge in [-0.05, 0) is 31.0 Å². The molecule has 0 aliphatic carbocycles. The van der Waals surface area contributed by atoms with Crippen molar-refractivity contribution in [3.05, 3.63) is 34.9 Å². The van der Waals surface area contributed by atoms with Gasteiger partial charge in [0.2, 0.25) is 0 Å². The molecule has 1 nitrogen and oxygen atoms in total. The highest BCUT2D eigenvalue weighted by atomic mass is 35.5. The molecule has 0 amide bonds. The van der Waals surface area contributed by atoms with Gasteiger partial charge in [-0.15, -0.1) is 11.8 Å². The minimum Gasteiger partial charge on any atom is -0.371 e. The summed E-state index contributed by atoms with van der Waals surface area (Å²) in [5.74, 6) is 1.08. The van der Waals surface area contributed by atoms with Gasteiger partial charge < -0.3 is 4.90 Å². The van der Waals surface area contributed by atoms with Gasteiger partial charge in [0.05, 0.1) is 0 Å². The smallest absolute Gasteiger partial charge is 0.0419 e. The van der Waals surface area contributed by atoms with Crippen molar-refractivity contribution in [1.82, 2.24) is 4.90 Å². The lowest BCUT2D eigenvalue weighted by molar-refractivity contribution is 0.491. The number of nitrogens with zero attached hydrogens (tertiary/aromatic N) is 1. The van der Waals surface area contributed by atoms with Crippen molar-refractivity contribution in [3.63, 3.8) is 0 Å². The maximum atomic E-state index is 6.09. The lowest BCUT2D eigenvalue weighted by Crippen LogP contribution is -2.19. The summed E-state index contributed by atoms with van der Waals surface area (Å²) in [6.45, 7) is 2.39. The second kappa shape index (κ2) is 4.34. The predicted octanol–water partition coefficient (Wildman–Crippen LogP) is 3.88. The summed E-state index contributed by atoms with van der Waals surface area (Å²) in [6.07, 6.45) is 4.98. The van der Waals surface area contributed by atoms with Crippen molar-refractivity contribution in [2.75, 3.05) is 18.8 Å². The van der Waals surface area contributed by atoms with Crippen LogP contribution in [-0.4, -0.2) is 23.7 Å². The van der Waals surface area contributed by atoms with Gasteiger partial charge in [-0.25, -0.2) is 0 Å². The fraction of sp³-hybridized carbons (Fsp3) is 0.385. The van der Waals surface area contributed by atoms with Crippen molar-refractivity contribution in [2.45, 2.75) is 17.7 Å². The van der Waals surface area contributed by atoms with Gasteiger partial charge in [-0.2, -0.15) is 0 Å². The summed E-state index contributed by atoms with van der Waals surface area (Å²) in [5, 5.41) is 0.839. The first-order valence-electron chi connectivity index (χ1n) is 5.72.